The smallest absolute Gasteiger partial charge is 0.0505 e. The summed E-state index contributed by atoms with van der Waals surface area (Å²) in [4.78, 5) is 0. The molecule has 0 bridgehead atoms. The first-order valence-electron chi connectivity index (χ1n) is 13.8. The Hall–Kier alpha value is 0.651. The molecule has 3 heteroatoms. The van der Waals surface area contributed by atoms with Crippen LogP contribution >= 0.6 is 0 Å². The van der Waals surface area contributed by atoms with Gasteiger partial charge in [-0.15, -0.1) is 0 Å². The minimum absolute atomic E-state index is 0. The van der Waals surface area contributed by atoms with Gasteiger partial charge in [-0.05, 0) is 32.7 Å². The Balaban J connectivity index is -0.0000000938. The van der Waals surface area contributed by atoms with E-state index in [0.717, 1.165) is 17.4 Å². The van der Waals surface area contributed by atoms with Crippen LogP contribution in [-0.2, 0) is 0 Å². The van der Waals surface area contributed by atoms with Crippen LogP contribution in [0.5, 0.6) is 0 Å². The summed E-state index contributed by atoms with van der Waals surface area (Å²) in [6.07, 6.45) is 0. The maximum Gasteiger partial charge on any atom is 0.0505 e. The van der Waals surface area contributed by atoms with Crippen LogP contribution < -0.4 is 0 Å². The second kappa shape index (κ2) is 16.0. The Kier molecular flexibility index (Phi) is 22.1. The van der Waals surface area contributed by atoms with Gasteiger partial charge >= 0.3 is 0 Å². The molecule has 0 saturated carbocycles. The zero-order valence-corrected chi connectivity index (χ0v) is 31.2. The van der Waals surface area contributed by atoms with E-state index < -0.39 is 24.2 Å². The van der Waals surface area contributed by atoms with Crippen LogP contribution in [0.1, 0.15) is 119 Å². The third-order valence-electron chi connectivity index (χ3n) is 11.0. The topological polar surface area (TPSA) is 0 Å². The Morgan fingerprint density at radius 3 is 0.778 bits per heavy atom. The molecule has 0 nitrogen and oxygen atoms in total. The van der Waals surface area contributed by atoms with Gasteiger partial charge in [-0.3, -0.25) is 0 Å². The van der Waals surface area contributed by atoms with Crippen molar-refractivity contribution in [2.45, 2.75) is 194 Å². The lowest BCUT2D eigenvalue weighted by Gasteiger charge is -2.52. The SMILES string of the molecule is C.C.C.CC(C(C)(C)C)C(C)(C)[Si](C)(C)C.CC(C)C(C)(C)C(C)(C)[Si](C)(C)C.CC(C)[Si](C)(C)C. The molecule has 0 heterocycles. The van der Waals surface area contributed by atoms with E-state index >= 15 is 0 Å². The van der Waals surface area contributed by atoms with Gasteiger partial charge in [0, 0.05) is 8.07 Å². The molecule has 0 aliphatic heterocycles. The molecule has 0 aromatic heterocycles. The monoisotopic (exact) mass is 565 g/mol. The van der Waals surface area contributed by atoms with Crippen LogP contribution in [0, 0.1) is 22.7 Å². The van der Waals surface area contributed by atoms with E-state index in [-0.39, 0.29) is 22.3 Å². The third-order valence-corrected chi connectivity index (χ3v) is 23.1. The fourth-order valence-corrected chi connectivity index (χ4v) is 7.37. The van der Waals surface area contributed by atoms with Gasteiger partial charge in [0.25, 0.3) is 0 Å². The third kappa shape index (κ3) is 14.7. The van der Waals surface area contributed by atoms with Crippen molar-refractivity contribution in [3.63, 3.8) is 0 Å². The fourth-order valence-electron chi connectivity index (χ4n) is 3.42. The molecule has 0 rings (SSSR count). The summed E-state index contributed by atoms with van der Waals surface area (Å²) >= 11 is 0. The van der Waals surface area contributed by atoms with E-state index in [2.05, 4.69) is 156 Å². The van der Waals surface area contributed by atoms with E-state index in [9.17, 15) is 0 Å². The van der Waals surface area contributed by atoms with Gasteiger partial charge in [-0.25, -0.2) is 0 Å². The normalized spacial score (nSPS) is 14.2. The van der Waals surface area contributed by atoms with Gasteiger partial charge in [-0.1, -0.05) is 184 Å². The van der Waals surface area contributed by atoms with Gasteiger partial charge in [0.15, 0.2) is 0 Å². The van der Waals surface area contributed by atoms with Gasteiger partial charge in [-0.2, -0.15) is 0 Å². The van der Waals surface area contributed by atoms with Crippen LogP contribution in [0.25, 0.3) is 0 Å². The van der Waals surface area contributed by atoms with E-state index in [1.807, 2.05) is 0 Å². The molecule has 1 atom stereocenters. The lowest BCUT2D eigenvalue weighted by atomic mass is 9.71. The van der Waals surface area contributed by atoms with Crippen molar-refractivity contribution in [2.24, 2.45) is 22.7 Å². The van der Waals surface area contributed by atoms with Crippen molar-refractivity contribution < 1.29 is 0 Å². The molecule has 0 aromatic rings. The predicted octanol–water partition coefficient (Wildman–Crippen LogP) is 14.2. The van der Waals surface area contributed by atoms with Crippen molar-refractivity contribution in [1.82, 2.24) is 0 Å². The summed E-state index contributed by atoms with van der Waals surface area (Å²) < 4.78 is 0. The van der Waals surface area contributed by atoms with Gasteiger partial charge < -0.3 is 0 Å². The Morgan fingerprint density at radius 2 is 0.722 bits per heavy atom. The van der Waals surface area contributed by atoms with E-state index in [0.29, 0.717) is 20.9 Å². The molecule has 0 spiro atoms. The fraction of sp³-hybridized carbons (Fsp3) is 1.00. The first-order valence-corrected chi connectivity index (χ1v) is 24.4. The second-order valence-corrected chi connectivity index (χ2v) is 34.8. The first kappa shape index (κ1) is 49.6. The molecule has 0 aliphatic carbocycles. The number of hydrogen-bond donors (Lipinski definition) is 0. The quantitative estimate of drug-likeness (QED) is 0.281. The average molecular weight is 565 g/mol. The molecule has 36 heavy (non-hydrogen) atoms. The van der Waals surface area contributed by atoms with Gasteiger partial charge in [0.05, 0.1) is 16.1 Å². The van der Waals surface area contributed by atoms with Crippen molar-refractivity contribution in [1.29, 1.82) is 0 Å². The molecule has 1 unspecified atom stereocenters. The maximum absolute atomic E-state index is 2.48. The van der Waals surface area contributed by atoms with Crippen molar-refractivity contribution >= 4 is 24.2 Å². The van der Waals surface area contributed by atoms with Crippen LogP contribution in [0.2, 0.25) is 74.5 Å². The van der Waals surface area contributed by atoms with Crippen LogP contribution in [0.4, 0.5) is 0 Å². The molecule has 0 amide bonds. The highest BCUT2D eigenvalue weighted by Gasteiger charge is 2.47. The summed E-state index contributed by atoms with van der Waals surface area (Å²) in [6.45, 7) is 55.6. The lowest BCUT2D eigenvalue weighted by Crippen LogP contribution is -2.47. The summed E-state index contributed by atoms with van der Waals surface area (Å²) in [5.41, 5.74) is 1.81. The molecular weight excluding hydrogens is 481 g/mol. The standard InChI is InChI=1S/2C12H28Si.C6H16Si.3CH4/c1-10(11(2,3)4)12(5,6)13(7,8)9;1-10(2)11(3,4)12(5,6)13(7,8)9;1-6(2)7(3,4)5;;;/h2*10H,1-9H3;6H,1-5H3;3*1H4. The molecule has 0 aromatic carbocycles. The molecule has 0 radical (unpaired) electrons. The number of hydrogen-bond acceptors (Lipinski definition) is 0. The molecule has 0 saturated heterocycles. The Bertz CT molecular complexity index is 537. The molecule has 0 fully saturated rings. The van der Waals surface area contributed by atoms with E-state index in [1.165, 1.54) is 0 Å². The zero-order chi connectivity index (χ0) is 28.2. The lowest BCUT2D eigenvalue weighted by molar-refractivity contribution is 0.171. The zero-order valence-electron chi connectivity index (χ0n) is 28.2. The van der Waals surface area contributed by atoms with Crippen molar-refractivity contribution in [3.05, 3.63) is 0 Å². The number of rotatable bonds is 6. The minimum atomic E-state index is -1.08. The van der Waals surface area contributed by atoms with Crippen LogP contribution in [0.15, 0.2) is 0 Å². The molecule has 0 aliphatic rings. The van der Waals surface area contributed by atoms with E-state index in [4.69, 9.17) is 0 Å². The molecular formula is C33H84Si3. The predicted molar refractivity (Wildman–Crippen MR) is 191 cm³/mol. The van der Waals surface area contributed by atoms with Crippen molar-refractivity contribution in [3.8, 4) is 0 Å². The summed E-state index contributed by atoms with van der Waals surface area (Å²) in [6, 6.07) is 0. The van der Waals surface area contributed by atoms with Gasteiger partial charge in [0.1, 0.15) is 0 Å². The van der Waals surface area contributed by atoms with Crippen molar-refractivity contribution in [2.75, 3.05) is 0 Å². The molecule has 0 N–H and O–H groups in total. The Morgan fingerprint density at radius 1 is 0.472 bits per heavy atom. The van der Waals surface area contributed by atoms with Crippen LogP contribution in [0.3, 0.4) is 0 Å². The first-order chi connectivity index (χ1) is 13.8. The Labute approximate surface area is 240 Å². The summed E-state index contributed by atoms with van der Waals surface area (Å²) in [7, 11) is -2.88. The summed E-state index contributed by atoms with van der Waals surface area (Å²) in [5.74, 6) is 1.54. The largest absolute Gasteiger partial charge is 0.0776 e. The van der Waals surface area contributed by atoms with Gasteiger partial charge in [0.2, 0.25) is 0 Å². The summed E-state index contributed by atoms with van der Waals surface area (Å²) in [5, 5.41) is 1.01. The van der Waals surface area contributed by atoms with Crippen LogP contribution in [-0.4, -0.2) is 24.2 Å². The second-order valence-electron chi connectivity index (χ2n) is 17.3. The average Bonchev–Trinajstić information content (AvgIpc) is 2.50. The maximum atomic E-state index is 2.48. The highest BCUT2D eigenvalue weighted by Crippen LogP contribution is 2.55. The highest BCUT2D eigenvalue weighted by atomic mass is 28.3. The minimum Gasteiger partial charge on any atom is -0.0776 e. The van der Waals surface area contributed by atoms with E-state index in [1.54, 1.807) is 0 Å². The molecule has 228 valence electrons. The highest BCUT2D eigenvalue weighted by molar-refractivity contribution is 6.79.